The van der Waals surface area contributed by atoms with Crippen molar-refractivity contribution in [2.45, 2.75) is 46.5 Å². The van der Waals surface area contributed by atoms with Crippen LogP contribution < -0.4 is 5.32 Å². The fraction of sp³-hybridized carbons (Fsp3) is 0.444. The minimum Gasteiger partial charge on any atom is -0.321 e. The van der Waals surface area contributed by atoms with Gasteiger partial charge in [-0.2, -0.15) is 0 Å². The molecule has 1 aromatic heterocycles. The van der Waals surface area contributed by atoms with Crippen LogP contribution in [0.2, 0.25) is 0 Å². The molecule has 0 fully saturated rings. The zero-order valence-electron chi connectivity index (χ0n) is 14.0. The maximum atomic E-state index is 13.1. The highest BCUT2D eigenvalue weighted by atomic mass is 32.1. The summed E-state index contributed by atoms with van der Waals surface area (Å²) in [6, 6.07) is 5.82. The highest BCUT2D eigenvalue weighted by molar-refractivity contribution is 7.13. The van der Waals surface area contributed by atoms with Gasteiger partial charge in [-0.05, 0) is 48.8 Å². The first kappa shape index (κ1) is 17.0. The van der Waals surface area contributed by atoms with Gasteiger partial charge in [0.25, 0.3) is 12.3 Å². The topological polar surface area (TPSA) is 42.0 Å². The summed E-state index contributed by atoms with van der Waals surface area (Å²) in [7, 11) is 0. The highest BCUT2D eigenvalue weighted by Crippen LogP contribution is 2.38. The Balaban J connectivity index is 1.89. The van der Waals surface area contributed by atoms with E-state index in [0.29, 0.717) is 5.01 Å². The summed E-state index contributed by atoms with van der Waals surface area (Å²) in [5.41, 5.74) is 2.87. The molecule has 0 atom stereocenters. The van der Waals surface area contributed by atoms with Gasteiger partial charge in [-0.25, -0.2) is 13.8 Å². The predicted octanol–water partition coefficient (Wildman–Crippen LogP) is 5.16. The lowest BCUT2D eigenvalue weighted by Crippen LogP contribution is -2.24. The van der Waals surface area contributed by atoms with Crippen LogP contribution in [0.1, 0.15) is 58.2 Å². The summed E-state index contributed by atoms with van der Waals surface area (Å²) in [5.74, 6) is -0.505. The summed E-state index contributed by atoms with van der Waals surface area (Å²) >= 11 is 1.00. The van der Waals surface area contributed by atoms with E-state index in [1.165, 1.54) is 5.56 Å². The first-order valence-corrected chi connectivity index (χ1v) is 8.76. The molecule has 24 heavy (non-hydrogen) atoms. The van der Waals surface area contributed by atoms with Crippen molar-refractivity contribution >= 4 is 22.9 Å². The number of halogens is 2. The molecular formula is C18H20F2N2OS. The van der Waals surface area contributed by atoms with Crippen LogP contribution in [-0.4, -0.2) is 10.9 Å². The van der Waals surface area contributed by atoms with Crippen LogP contribution in [0.5, 0.6) is 0 Å². The van der Waals surface area contributed by atoms with E-state index in [2.05, 4.69) is 30.2 Å². The van der Waals surface area contributed by atoms with Gasteiger partial charge < -0.3 is 5.32 Å². The zero-order valence-corrected chi connectivity index (χ0v) is 14.8. The number of alkyl halides is 2. The third kappa shape index (κ3) is 3.34. The second-order valence-corrected chi connectivity index (χ2v) is 8.19. The number of aromatic nitrogens is 1. The first-order valence-electron chi connectivity index (χ1n) is 7.94. The number of amides is 1. The van der Waals surface area contributed by atoms with E-state index in [0.717, 1.165) is 41.9 Å². The van der Waals surface area contributed by atoms with Gasteiger partial charge in [0.1, 0.15) is 10.6 Å². The molecule has 6 heteroatoms. The van der Waals surface area contributed by atoms with Crippen LogP contribution in [-0.2, 0) is 12.8 Å². The van der Waals surface area contributed by atoms with Gasteiger partial charge in [0.15, 0.2) is 0 Å². The molecule has 0 spiro atoms. The Morgan fingerprint density at radius 2 is 2.12 bits per heavy atom. The number of thiazole rings is 1. The number of rotatable bonds is 3. The molecule has 0 saturated heterocycles. The van der Waals surface area contributed by atoms with Gasteiger partial charge in [0.2, 0.25) is 0 Å². The number of fused-ring (bicyclic) bond motifs is 1. The Labute approximate surface area is 144 Å². The zero-order chi connectivity index (χ0) is 17.5. The van der Waals surface area contributed by atoms with Gasteiger partial charge in [0.05, 0.1) is 5.01 Å². The van der Waals surface area contributed by atoms with E-state index in [1.54, 1.807) is 6.92 Å². The SMILES string of the molecule is Cc1nc(C(F)F)c(C(=O)Nc2cccc3c2CCC(C)(C)C3)s1. The van der Waals surface area contributed by atoms with E-state index in [9.17, 15) is 13.6 Å². The lowest BCUT2D eigenvalue weighted by atomic mass is 9.74. The lowest BCUT2D eigenvalue weighted by Gasteiger charge is -2.32. The molecule has 1 amide bonds. The van der Waals surface area contributed by atoms with Crippen LogP contribution in [0.3, 0.4) is 0 Å². The lowest BCUT2D eigenvalue weighted by molar-refractivity contribution is 0.101. The third-order valence-electron chi connectivity index (χ3n) is 4.42. The number of benzene rings is 1. The standard InChI is InChI=1S/C18H20F2N2OS/c1-10-21-14(16(19)20)15(24-10)17(23)22-13-6-4-5-11-9-18(2,3)8-7-12(11)13/h4-6,16H,7-9H2,1-3H3,(H,22,23). The molecule has 128 valence electrons. The Bertz CT molecular complexity index is 783. The second kappa shape index (κ2) is 6.24. The number of carbonyl (C=O) groups is 1. The minimum atomic E-state index is -2.75. The van der Waals surface area contributed by atoms with E-state index in [-0.39, 0.29) is 10.3 Å². The summed E-state index contributed by atoms with van der Waals surface area (Å²) in [6.07, 6.45) is 0.117. The van der Waals surface area contributed by atoms with E-state index in [1.807, 2.05) is 12.1 Å². The van der Waals surface area contributed by atoms with Crippen LogP contribution in [0.4, 0.5) is 14.5 Å². The molecule has 0 bridgehead atoms. The normalized spacial score (nSPS) is 16.1. The number of nitrogens with zero attached hydrogens (tertiary/aromatic N) is 1. The Hall–Kier alpha value is -1.82. The Morgan fingerprint density at radius 3 is 2.83 bits per heavy atom. The third-order valence-corrected chi connectivity index (χ3v) is 5.40. The largest absolute Gasteiger partial charge is 0.321 e. The number of hydrogen-bond donors (Lipinski definition) is 1. The fourth-order valence-electron chi connectivity index (χ4n) is 3.21. The van der Waals surface area contributed by atoms with Crippen LogP contribution in [0.15, 0.2) is 18.2 Å². The minimum absolute atomic E-state index is 0.00348. The smallest absolute Gasteiger partial charge is 0.282 e. The molecule has 0 radical (unpaired) electrons. The maximum absolute atomic E-state index is 13.1. The molecule has 1 aromatic carbocycles. The first-order chi connectivity index (χ1) is 11.3. The molecule has 0 unspecified atom stereocenters. The van der Waals surface area contributed by atoms with Crippen molar-refractivity contribution in [3.05, 3.63) is 44.9 Å². The Morgan fingerprint density at radius 1 is 1.38 bits per heavy atom. The van der Waals surface area contributed by atoms with Crippen molar-refractivity contribution in [1.82, 2.24) is 4.98 Å². The molecule has 0 aliphatic heterocycles. The van der Waals surface area contributed by atoms with Crippen LogP contribution in [0.25, 0.3) is 0 Å². The Kier molecular flexibility index (Phi) is 4.42. The van der Waals surface area contributed by atoms with Crippen molar-refractivity contribution in [2.24, 2.45) is 5.41 Å². The van der Waals surface area contributed by atoms with Crippen LogP contribution >= 0.6 is 11.3 Å². The van der Waals surface area contributed by atoms with Gasteiger partial charge in [-0.1, -0.05) is 26.0 Å². The van der Waals surface area contributed by atoms with Crippen molar-refractivity contribution in [1.29, 1.82) is 0 Å². The van der Waals surface area contributed by atoms with Crippen molar-refractivity contribution in [3.63, 3.8) is 0 Å². The quantitative estimate of drug-likeness (QED) is 0.831. The molecule has 0 saturated carbocycles. The maximum Gasteiger partial charge on any atom is 0.282 e. The molecule has 3 rings (SSSR count). The number of hydrogen-bond acceptors (Lipinski definition) is 3. The summed E-state index contributed by atoms with van der Waals surface area (Å²) in [6.45, 7) is 6.09. The van der Waals surface area contributed by atoms with E-state index >= 15 is 0 Å². The predicted molar refractivity (Wildman–Crippen MR) is 92.0 cm³/mol. The molecule has 1 heterocycles. The average Bonchev–Trinajstić information content (AvgIpc) is 2.88. The van der Waals surface area contributed by atoms with Crippen molar-refractivity contribution in [3.8, 4) is 0 Å². The molecule has 3 nitrogen and oxygen atoms in total. The van der Waals surface area contributed by atoms with E-state index < -0.39 is 18.0 Å². The highest BCUT2D eigenvalue weighted by Gasteiger charge is 2.28. The molecular weight excluding hydrogens is 330 g/mol. The summed E-state index contributed by atoms with van der Waals surface area (Å²) in [5, 5.41) is 3.29. The van der Waals surface area contributed by atoms with Crippen molar-refractivity contribution < 1.29 is 13.6 Å². The fourth-order valence-corrected chi connectivity index (χ4v) is 4.04. The van der Waals surface area contributed by atoms with Crippen molar-refractivity contribution in [2.75, 3.05) is 5.32 Å². The monoisotopic (exact) mass is 350 g/mol. The van der Waals surface area contributed by atoms with E-state index in [4.69, 9.17) is 0 Å². The number of nitrogens with one attached hydrogen (secondary N) is 1. The van der Waals surface area contributed by atoms with Gasteiger partial charge in [-0.15, -0.1) is 11.3 Å². The van der Waals surface area contributed by atoms with Gasteiger partial charge >= 0.3 is 0 Å². The number of anilines is 1. The molecule has 1 aliphatic rings. The van der Waals surface area contributed by atoms with Gasteiger partial charge in [-0.3, -0.25) is 4.79 Å². The molecule has 2 aromatic rings. The summed E-state index contributed by atoms with van der Waals surface area (Å²) < 4.78 is 26.1. The molecule has 1 N–H and O–H groups in total. The molecule has 1 aliphatic carbocycles. The van der Waals surface area contributed by atoms with Crippen LogP contribution in [0, 0.1) is 12.3 Å². The van der Waals surface area contributed by atoms with Gasteiger partial charge in [0, 0.05) is 5.69 Å². The summed E-state index contributed by atoms with van der Waals surface area (Å²) in [4.78, 5) is 16.3. The number of carbonyl (C=O) groups excluding carboxylic acids is 1. The second-order valence-electron chi connectivity index (χ2n) is 6.99. The average molecular weight is 350 g/mol. The number of aryl methyl sites for hydroxylation is 1.